The SMILES string of the molecule is Cc1noc(C)c1C(=O)N[C@H]1[C@H](O)[C@H](O)C[C@@H]1c1ccccc1. The Kier molecular flexibility index (Phi) is 4.19. The second kappa shape index (κ2) is 6.14. The molecule has 23 heavy (non-hydrogen) atoms. The van der Waals surface area contributed by atoms with E-state index in [-0.39, 0.29) is 11.8 Å². The summed E-state index contributed by atoms with van der Waals surface area (Å²) in [6, 6.07) is 9.02. The van der Waals surface area contributed by atoms with E-state index in [2.05, 4.69) is 10.5 Å². The van der Waals surface area contributed by atoms with Crippen LogP contribution in [-0.4, -0.2) is 39.5 Å². The van der Waals surface area contributed by atoms with Crippen molar-refractivity contribution >= 4 is 5.91 Å². The van der Waals surface area contributed by atoms with Crippen molar-refractivity contribution in [1.82, 2.24) is 10.5 Å². The number of aliphatic hydroxyl groups excluding tert-OH is 2. The second-order valence-electron chi connectivity index (χ2n) is 6.01. The minimum Gasteiger partial charge on any atom is -0.390 e. The van der Waals surface area contributed by atoms with Crippen LogP contribution in [0.2, 0.25) is 0 Å². The van der Waals surface area contributed by atoms with Crippen LogP contribution in [0.4, 0.5) is 0 Å². The first-order valence-electron chi connectivity index (χ1n) is 7.64. The van der Waals surface area contributed by atoms with E-state index in [9.17, 15) is 15.0 Å². The molecule has 0 unspecified atom stereocenters. The summed E-state index contributed by atoms with van der Waals surface area (Å²) in [4.78, 5) is 12.5. The van der Waals surface area contributed by atoms with Gasteiger partial charge in [0.15, 0.2) is 0 Å². The molecule has 0 radical (unpaired) electrons. The Morgan fingerprint density at radius 3 is 2.57 bits per heavy atom. The molecular weight excluding hydrogens is 296 g/mol. The van der Waals surface area contributed by atoms with Gasteiger partial charge in [-0.2, -0.15) is 0 Å². The fourth-order valence-corrected chi connectivity index (χ4v) is 3.28. The lowest BCUT2D eigenvalue weighted by atomic mass is 9.93. The van der Waals surface area contributed by atoms with E-state index in [1.165, 1.54) is 0 Å². The van der Waals surface area contributed by atoms with E-state index in [1.807, 2.05) is 30.3 Å². The van der Waals surface area contributed by atoms with Gasteiger partial charge < -0.3 is 20.1 Å². The average Bonchev–Trinajstić information content (AvgIpc) is 3.02. The van der Waals surface area contributed by atoms with Crippen molar-refractivity contribution in [3.05, 3.63) is 52.9 Å². The van der Waals surface area contributed by atoms with Crippen LogP contribution in [0.15, 0.2) is 34.9 Å². The zero-order valence-corrected chi connectivity index (χ0v) is 13.1. The van der Waals surface area contributed by atoms with E-state index in [0.717, 1.165) is 5.56 Å². The molecule has 1 saturated carbocycles. The molecule has 0 spiro atoms. The molecule has 2 aromatic rings. The quantitative estimate of drug-likeness (QED) is 0.793. The molecule has 1 fully saturated rings. The molecule has 1 aliphatic rings. The molecule has 1 amide bonds. The highest BCUT2D eigenvalue weighted by atomic mass is 16.5. The monoisotopic (exact) mass is 316 g/mol. The third kappa shape index (κ3) is 2.87. The summed E-state index contributed by atoms with van der Waals surface area (Å²) < 4.78 is 5.02. The van der Waals surface area contributed by atoms with Gasteiger partial charge in [0, 0.05) is 5.92 Å². The maximum atomic E-state index is 12.5. The fourth-order valence-electron chi connectivity index (χ4n) is 3.28. The van der Waals surface area contributed by atoms with Gasteiger partial charge in [-0.15, -0.1) is 0 Å². The molecule has 6 heteroatoms. The van der Waals surface area contributed by atoms with Gasteiger partial charge in [0.25, 0.3) is 5.91 Å². The number of hydrogen-bond donors (Lipinski definition) is 3. The molecule has 0 aliphatic heterocycles. The number of aliphatic hydroxyl groups is 2. The first-order valence-corrected chi connectivity index (χ1v) is 7.64. The summed E-state index contributed by atoms with van der Waals surface area (Å²) >= 11 is 0. The minimum absolute atomic E-state index is 0.148. The predicted molar refractivity (Wildman–Crippen MR) is 83.0 cm³/mol. The van der Waals surface area contributed by atoms with Gasteiger partial charge in [0.2, 0.25) is 0 Å². The summed E-state index contributed by atoms with van der Waals surface area (Å²) in [5, 5.41) is 26.9. The van der Waals surface area contributed by atoms with Crippen LogP contribution in [0.1, 0.15) is 39.7 Å². The molecule has 0 saturated heterocycles. The number of amides is 1. The summed E-state index contributed by atoms with van der Waals surface area (Å²) in [7, 11) is 0. The van der Waals surface area contributed by atoms with Gasteiger partial charge in [-0.1, -0.05) is 35.5 Å². The highest BCUT2D eigenvalue weighted by Crippen LogP contribution is 2.35. The number of rotatable bonds is 3. The van der Waals surface area contributed by atoms with E-state index in [0.29, 0.717) is 23.4 Å². The summed E-state index contributed by atoms with van der Waals surface area (Å²) in [6.45, 7) is 3.36. The van der Waals surface area contributed by atoms with Crippen LogP contribution in [0.3, 0.4) is 0 Å². The van der Waals surface area contributed by atoms with Crippen LogP contribution in [-0.2, 0) is 0 Å². The summed E-state index contributed by atoms with van der Waals surface area (Å²) in [5.74, 6) is -0.0600. The van der Waals surface area contributed by atoms with Crippen LogP contribution in [0.25, 0.3) is 0 Å². The standard InChI is InChI=1S/C17H20N2O4/c1-9-14(10(2)23-19-9)17(22)18-15-12(8-13(20)16(15)21)11-6-4-3-5-7-11/h3-7,12-13,15-16,20-21H,8H2,1-2H3,(H,18,22)/t12-,13-,15-,16-/m1/s1. The smallest absolute Gasteiger partial charge is 0.257 e. The van der Waals surface area contributed by atoms with Gasteiger partial charge in [0.05, 0.1) is 17.8 Å². The number of benzene rings is 1. The third-order valence-electron chi connectivity index (χ3n) is 4.48. The number of hydrogen-bond acceptors (Lipinski definition) is 5. The highest BCUT2D eigenvalue weighted by molar-refractivity contribution is 5.96. The molecule has 4 atom stereocenters. The van der Waals surface area contributed by atoms with Gasteiger partial charge in [-0.25, -0.2) is 0 Å². The normalized spacial score (nSPS) is 27.1. The number of carbonyl (C=O) groups is 1. The Morgan fingerprint density at radius 2 is 1.96 bits per heavy atom. The summed E-state index contributed by atoms with van der Waals surface area (Å²) in [5.41, 5.74) is 1.86. The maximum absolute atomic E-state index is 12.5. The molecule has 122 valence electrons. The fraction of sp³-hybridized carbons (Fsp3) is 0.412. The number of aryl methyl sites for hydroxylation is 2. The van der Waals surface area contributed by atoms with E-state index >= 15 is 0 Å². The number of aromatic nitrogens is 1. The largest absolute Gasteiger partial charge is 0.390 e. The van der Waals surface area contributed by atoms with E-state index in [4.69, 9.17) is 4.52 Å². The Morgan fingerprint density at radius 1 is 1.26 bits per heavy atom. The van der Waals surface area contributed by atoms with Crippen LogP contribution >= 0.6 is 0 Å². The zero-order valence-electron chi connectivity index (χ0n) is 13.1. The van der Waals surface area contributed by atoms with E-state index < -0.39 is 18.2 Å². The molecule has 0 bridgehead atoms. The Bertz CT molecular complexity index is 678. The number of carbonyl (C=O) groups excluding carboxylic acids is 1. The molecule has 1 heterocycles. The molecular formula is C17H20N2O4. The highest BCUT2D eigenvalue weighted by Gasteiger charge is 2.43. The maximum Gasteiger partial charge on any atom is 0.257 e. The van der Waals surface area contributed by atoms with Crippen LogP contribution in [0, 0.1) is 13.8 Å². The first-order chi connectivity index (χ1) is 11.0. The van der Waals surface area contributed by atoms with Crippen molar-refractivity contribution in [2.45, 2.75) is 44.4 Å². The Balaban J connectivity index is 1.85. The average molecular weight is 316 g/mol. The number of nitrogens with zero attached hydrogens (tertiary/aromatic N) is 1. The Labute approximate surface area is 134 Å². The van der Waals surface area contributed by atoms with Crippen LogP contribution < -0.4 is 5.32 Å². The number of nitrogens with one attached hydrogen (secondary N) is 1. The molecule has 3 N–H and O–H groups in total. The van der Waals surface area contributed by atoms with Crippen molar-refractivity contribution in [3.63, 3.8) is 0 Å². The van der Waals surface area contributed by atoms with Gasteiger partial charge in [0.1, 0.15) is 17.4 Å². The van der Waals surface area contributed by atoms with Gasteiger partial charge >= 0.3 is 0 Å². The molecule has 1 aromatic heterocycles. The lowest BCUT2D eigenvalue weighted by Crippen LogP contribution is -2.45. The summed E-state index contributed by atoms with van der Waals surface area (Å²) in [6.07, 6.45) is -1.47. The van der Waals surface area contributed by atoms with Crippen molar-refractivity contribution in [3.8, 4) is 0 Å². The molecule has 3 rings (SSSR count). The topological polar surface area (TPSA) is 95.6 Å². The third-order valence-corrected chi connectivity index (χ3v) is 4.48. The van der Waals surface area contributed by atoms with E-state index in [1.54, 1.807) is 13.8 Å². The first kappa shape index (κ1) is 15.7. The van der Waals surface area contributed by atoms with Crippen LogP contribution in [0.5, 0.6) is 0 Å². The molecule has 1 aliphatic carbocycles. The Hall–Kier alpha value is -2.18. The zero-order chi connectivity index (χ0) is 16.6. The van der Waals surface area contributed by atoms with Gasteiger partial charge in [-0.05, 0) is 25.8 Å². The lowest BCUT2D eigenvalue weighted by molar-refractivity contribution is 0.0294. The second-order valence-corrected chi connectivity index (χ2v) is 6.01. The molecule has 1 aromatic carbocycles. The van der Waals surface area contributed by atoms with Crippen molar-refractivity contribution < 1.29 is 19.5 Å². The van der Waals surface area contributed by atoms with Crippen molar-refractivity contribution in [1.29, 1.82) is 0 Å². The molecule has 6 nitrogen and oxygen atoms in total. The predicted octanol–water partition coefficient (Wildman–Crippen LogP) is 1.30. The van der Waals surface area contributed by atoms with Crippen molar-refractivity contribution in [2.24, 2.45) is 0 Å². The minimum atomic E-state index is -1.01. The van der Waals surface area contributed by atoms with Gasteiger partial charge in [-0.3, -0.25) is 4.79 Å². The lowest BCUT2D eigenvalue weighted by Gasteiger charge is -2.23. The van der Waals surface area contributed by atoms with Crippen molar-refractivity contribution in [2.75, 3.05) is 0 Å².